The van der Waals surface area contributed by atoms with Crippen LogP contribution in [0.15, 0.2) is 23.4 Å². The van der Waals surface area contributed by atoms with E-state index in [1.165, 1.54) is 29.9 Å². The maximum atomic E-state index is 12.4. The molecule has 1 aromatic rings. The molecular formula is C11H17ClN2O3S. The number of hydrogen-bond donors (Lipinski definition) is 0. The van der Waals surface area contributed by atoms with Crippen LogP contribution in [0.25, 0.3) is 0 Å². The second-order valence-corrected chi connectivity index (χ2v) is 6.09. The van der Waals surface area contributed by atoms with Gasteiger partial charge in [-0.05, 0) is 13.0 Å². The lowest BCUT2D eigenvalue weighted by atomic mass is 10.4. The first-order chi connectivity index (χ1) is 8.45. The lowest BCUT2D eigenvalue weighted by Gasteiger charge is -2.26. The Balaban J connectivity index is 3.15. The van der Waals surface area contributed by atoms with E-state index in [-0.39, 0.29) is 16.0 Å². The molecule has 0 amide bonds. The topological polar surface area (TPSA) is 59.5 Å². The monoisotopic (exact) mass is 292 g/mol. The Morgan fingerprint density at radius 2 is 2.22 bits per heavy atom. The Labute approximate surface area is 113 Å². The number of rotatable bonds is 6. The first kappa shape index (κ1) is 15.4. The van der Waals surface area contributed by atoms with Crippen molar-refractivity contribution in [1.29, 1.82) is 0 Å². The molecule has 0 aliphatic rings. The van der Waals surface area contributed by atoms with Crippen molar-refractivity contribution in [2.45, 2.75) is 24.8 Å². The summed E-state index contributed by atoms with van der Waals surface area (Å²) in [5.41, 5.74) is 0. The number of nitrogens with zero attached hydrogens (tertiary/aromatic N) is 2. The van der Waals surface area contributed by atoms with Gasteiger partial charge in [0.25, 0.3) is 0 Å². The maximum absolute atomic E-state index is 12.4. The van der Waals surface area contributed by atoms with Crippen LogP contribution in [0.5, 0.6) is 0 Å². The molecule has 5 nitrogen and oxygen atoms in total. The number of sulfonamides is 1. The smallest absolute Gasteiger partial charge is 0.246 e. The molecule has 1 atom stereocenters. The molecule has 0 aromatic carbocycles. The van der Waals surface area contributed by atoms with Gasteiger partial charge in [0, 0.05) is 32.1 Å². The van der Waals surface area contributed by atoms with Crippen LogP contribution in [0.2, 0.25) is 5.02 Å². The Hall–Kier alpha value is -0.690. The van der Waals surface area contributed by atoms with E-state index in [2.05, 4.69) is 4.98 Å². The molecule has 0 aliphatic carbocycles. The Morgan fingerprint density at radius 3 is 2.72 bits per heavy atom. The highest BCUT2D eigenvalue weighted by atomic mass is 35.5. The van der Waals surface area contributed by atoms with E-state index in [0.29, 0.717) is 13.2 Å². The van der Waals surface area contributed by atoms with Gasteiger partial charge in [0.1, 0.15) is 4.90 Å². The lowest BCUT2D eigenvalue weighted by molar-refractivity contribution is 0.142. The summed E-state index contributed by atoms with van der Waals surface area (Å²) in [6.45, 7) is 4.23. The zero-order valence-corrected chi connectivity index (χ0v) is 12.2. The van der Waals surface area contributed by atoms with Crippen molar-refractivity contribution in [3.05, 3.63) is 23.5 Å². The van der Waals surface area contributed by atoms with Crippen LogP contribution in [-0.4, -0.2) is 44.0 Å². The summed E-state index contributed by atoms with van der Waals surface area (Å²) in [7, 11) is -2.11. The second kappa shape index (κ2) is 6.47. The Kier molecular flexibility index (Phi) is 5.52. The van der Waals surface area contributed by atoms with Crippen molar-refractivity contribution in [3.63, 3.8) is 0 Å². The van der Waals surface area contributed by atoms with Crippen LogP contribution in [0, 0.1) is 0 Å². The number of hydrogen-bond acceptors (Lipinski definition) is 4. The van der Waals surface area contributed by atoms with Crippen LogP contribution < -0.4 is 0 Å². The molecule has 0 saturated carbocycles. The SMILES string of the molecule is CCN(C(C)COC)S(=O)(=O)c1cnccc1Cl. The molecule has 102 valence electrons. The summed E-state index contributed by atoms with van der Waals surface area (Å²) in [5, 5.41) is 0.174. The van der Waals surface area contributed by atoms with Crippen LogP contribution >= 0.6 is 11.6 Å². The molecule has 0 aliphatic heterocycles. The normalized spacial score (nSPS) is 13.8. The van der Waals surface area contributed by atoms with Crippen LogP contribution in [0.3, 0.4) is 0 Å². The number of ether oxygens (including phenoxy) is 1. The third kappa shape index (κ3) is 3.20. The summed E-state index contributed by atoms with van der Waals surface area (Å²) in [5.74, 6) is 0. The predicted octanol–water partition coefficient (Wildman–Crippen LogP) is 1.78. The minimum atomic E-state index is -3.64. The van der Waals surface area contributed by atoms with E-state index >= 15 is 0 Å². The molecule has 1 heterocycles. The molecule has 0 spiro atoms. The van der Waals surface area contributed by atoms with Gasteiger partial charge in [-0.1, -0.05) is 18.5 Å². The largest absolute Gasteiger partial charge is 0.383 e. The summed E-state index contributed by atoms with van der Waals surface area (Å²) < 4.78 is 31.2. The molecular weight excluding hydrogens is 276 g/mol. The molecule has 0 radical (unpaired) electrons. The Morgan fingerprint density at radius 1 is 1.56 bits per heavy atom. The zero-order chi connectivity index (χ0) is 13.8. The zero-order valence-electron chi connectivity index (χ0n) is 10.6. The minimum Gasteiger partial charge on any atom is -0.383 e. The molecule has 0 bridgehead atoms. The average Bonchev–Trinajstić information content (AvgIpc) is 2.30. The maximum Gasteiger partial charge on any atom is 0.246 e. The van der Waals surface area contributed by atoms with Crippen molar-refractivity contribution in [2.24, 2.45) is 0 Å². The number of pyridine rings is 1. The van der Waals surface area contributed by atoms with E-state index in [4.69, 9.17) is 16.3 Å². The predicted molar refractivity (Wildman–Crippen MR) is 70.2 cm³/mol. The average molecular weight is 293 g/mol. The number of likely N-dealkylation sites (N-methyl/N-ethyl adjacent to an activating group) is 1. The molecule has 0 saturated heterocycles. The van der Waals surface area contributed by atoms with Gasteiger partial charge in [0.2, 0.25) is 10.0 Å². The summed E-state index contributed by atoms with van der Waals surface area (Å²) >= 11 is 5.91. The number of methoxy groups -OCH3 is 1. The third-order valence-corrected chi connectivity index (χ3v) is 5.09. The van der Waals surface area contributed by atoms with Crippen molar-refractivity contribution in [2.75, 3.05) is 20.3 Å². The third-order valence-electron chi connectivity index (χ3n) is 2.53. The highest BCUT2D eigenvalue weighted by Crippen LogP contribution is 2.24. The van der Waals surface area contributed by atoms with E-state index in [1.54, 1.807) is 13.8 Å². The van der Waals surface area contributed by atoms with Crippen LogP contribution in [0.1, 0.15) is 13.8 Å². The van der Waals surface area contributed by atoms with Gasteiger partial charge in [-0.15, -0.1) is 0 Å². The van der Waals surface area contributed by atoms with Crippen molar-refractivity contribution >= 4 is 21.6 Å². The molecule has 18 heavy (non-hydrogen) atoms. The quantitative estimate of drug-likeness (QED) is 0.802. The number of aromatic nitrogens is 1. The lowest BCUT2D eigenvalue weighted by Crippen LogP contribution is -2.40. The van der Waals surface area contributed by atoms with Crippen LogP contribution in [-0.2, 0) is 14.8 Å². The van der Waals surface area contributed by atoms with Crippen molar-refractivity contribution in [3.8, 4) is 0 Å². The van der Waals surface area contributed by atoms with E-state index in [0.717, 1.165) is 0 Å². The highest BCUT2D eigenvalue weighted by molar-refractivity contribution is 7.89. The fraction of sp³-hybridized carbons (Fsp3) is 0.545. The highest BCUT2D eigenvalue weighted by Gasteiger charge is 2.29. The second-order valence-electron chi connectivity index (χ2n) is 3.82. The molecule has 1 rings (SSSR count). The van der Waals surface area contributed by atoms with E-state index < -0.39 is 10.0 Å². The summed E-state index contributed by atoms with van der Waals surface area (Å²) in [6.07, 6.45) is 2.72. The van der Waals surface area contributed by atoms with Gasteiger partial charge in [0.05, 0.1) is 11.6 Å². The minimum absolute atomic E-state index is 0.0245. The standard InChI is InChI=1S/C11H17ClN2O3S/c1-4-14(9(2)8-17-3)18(15,16)11-7-13-6-5-10(11)12/h5-7,9H,4,8H2,1-3H3. The van der Waals surface area contributed by atoms with Crippen LogP contribution in [0.4, 0.5) is 0 Å². The summed E-state index contributed by atoms with van der Waals surface area (Å²) in [4.78, 5) is 3.84. The Bertz CT molecular complexity index is 493. The molecule has 1 aromatic heterocycles. The van der Waals surface area contributed by atoms with Gasteiger partial charge < -0.3 is 4.74 Å². The fourth-order valence-electron chi connectivity index (χ4n) is 1.72. The van der Waals surface area contributed by atoms with Gasteiger partial charge in [0.15, 0.2) is 0 Å². The van der Waals surface area contributed by atoms with Crippen molar-refractivity contribution < 1.29 is 13.2 Å². The molecule has 1 unspecified atom stereocenters. The first-order valence-electron chi connectivity index (χ1n) is 5.55. The molecule has 0 fully saturated rings. The number of halogens is 1. The van der Waals surface area contributed by atoms with Gasteiger partial charge in [-0.2, -0.15) is 4.31 Å². The summed E-state index contributed by atoms with van der Waals surface area (Å²) in [6, 6.07) is 1.20. The molecule has 0 N–H and O–H groups in total. The first-order valence-corrected chi connectivity index (χ1v) is 7.37. The van der Waals surface area contributed by atoms with Gasteiger partial charge in [-0.25, -0.2) is 8.42 Å². The van der Waals surface area contributed by atoms with E-state index in [9.17, 15) is 8.42 Å². The van der Waals surface area contributed by atoms with E-state index in [1.807, 2.05) is 0 Å². The fourth-order valence-corrected chi connectivity index (χ4v) is 3.76. The molecule has 7 heteroatoms. The van der Waals surface area contributed by atoms with Gasteiger partial charge in [-0.3, -0.25) is 4.98 Å². The van der Waals surface area contributed by atoms with Crippen molar-refractivity contribution in [1.82, 2.24) is 9.29 Å². The van der Waals surface area contributed by atoms with Gasteiger partial charge >= 0.3 is 0 Å².